The molecule has 1 aromatic carbocycles. The van der Waals surface area contributed by atoms with Crippen LogP contribution in [-0.2, 0) is 15.3 Å². The minimum absolute atomic E-state index is 0.226. The van der Waals surface area contributed by atoms with E-state index < -0.39 is 9.84 Å². The van der Waals surface area contributed by atoms with E-state index in [1.165, 1.54) is 0 Å². The minimum atomic E-state index is -2.95. The molecule has 0 amide bonds. The highest BCUT2D eigenvalue weighted by Gasteiger charge is 2.27. The van der Waals surface area contributed by atoms with Crippen LogP contribution in [-0.4, -0.2) is 19.9 Å². The van der Waals surface area contributed by atoms with Gasteiger partial charge in [0.2, 0.25) is 0 Å². The number of rotatable bonds is 6. The molecular formula is C14H22O2S. The zero-order valence-corrected chi connectivity index (χ0v) is 11.8. The summed E-state index contributed by atoms with van der Waals surface area (Å²) in [5, 5.41) is 0. The monoisotopic (exact) mass is 254 g/mol. The smallest absolute Gasteiger partial charge is 0.151 e. The molecule has 0 spiro atoms. The SMILES string of the molecule is CCCCS(=O)(=O)CC(C)(C)c1ccccc1. The molecule has 17 heavy (non-hydrogen) atoms. The van der Waals surface area contributed by atoms with Gasteiger partial charge in [-0.15, -0.1) is 0 Å². The largest absolute Gasteiger partial charge is 0.229 e. The summed E-state index contributed by atoms with van der Waals surface area (Å²) < 4.78 is 24.0. The van der Waals surface area contributed by atoms with Gasteiger partial charge in [-0.05, 0) is 12.0 Å². The molecule has 0 radical (unpaired) electrons. The maximum absolute atomic E-state index is 12.0. The molecule has 0 aliphatic carbocycles. The van der Waals surface area contributed by atoms with Crippen molar-refractivity contribution in [2.75, 3.05) is 11.5 Å². The molecule has 0 bridgehead atoms. The second-order valence-electron chi connectivity index (χ2n) is 5.20. The number of unbranched alkanes of at least 4 members (excludes halogenated alkanes) is 1. The van der Waals surface area contributed by atoms with Crippen LogP contribution in [0.25, 0.3) is 0 Å². The lowest BCUT2D eigenvalue weighted by molar-refractivity contribution is 0.546. The lowest BCUT2D eigenvalue weighted by Crippen LogP contribution is -2.29. The van der Waals surface area contributed by atoms with Crippen molar-refractivity contribution in [3.8, 4) is 0 Å². The third-order valence-electron chi connectivity index (χ3n) is 2.94. The molecule has 2 nitrogen and oxygen atoms in total. The molecule has 0 heterocycles. The molecule has 0 unspecified atom stereocenters. The first-order valence-electron chi connectivity index (χ1n) is 6.13. The Labute approximate surface area is 105 Å². The van der Waals surface area contributed by atoms with Gasteiger partial charge in [0.25, 0.3) is 0 Å². The second-order valence-corrected chi connectivity index (χ2v) is 7.38. The van der Waals surface area contributed by atoms with E-state index in [9.17, 15) is 8.42 Å². The third-order valence-corrected chi connectivity index (χ3v) is 5.02. The van der Waals surface area contributed by atoms with Gasteiger partial charge in [0.05, 0.1) is 11.5 Å². The Kier molecular flexibility index (Phi) is 4.75. The fourth-order valence-electron chi connectivity index (χ4n) is 1.96. The summed E-state index contributed by atoms with van der Waals surface area (Å²) in [5.41, 5.74) is 0.772. The average Bonchev–Trinajstić information content (AvgIpc) is 2.26. The lowest BCUT2D eigenvalue weighted by atomic mass is 9.87. The van der Waals surface area contributed by atoms with Gasteiger partial charge in [-0.25, -0.2) is 8.42 Å². The average molecular weight is 254 g/mol. The third kappa shape index (κ3) is 4.50. The quantitative estimate of drug-likeness (QED) is 0.781. The van der Waals surface area contributed by atoms with Gasteiger partial charge in [0.15, 0.2) is 9.84 Å². The highest BCUT2D eigenvalue weighted by molar-refractivity contribution is 7.91. The molecule has 1 aromatic rings. The fraction of sp³-hybridized carbons (Fsp3) is 0.571. The lowest BCUT2D eigenvalue weighted by Gasteiger charge is -2.25. The molecule has 0 fully saturated rings. The molecule has 0 N–H and O–H groups in total. The number of hydrogen-bond donors (Lipinski definition) is 0. The van der Waals surface area contributed by atoms with E-state index >= 15 is 0 Å². The molecule has 0 aliphatic rings. The Hall–Kier alpha value is -0.830. The van der Waals surface area contributed by atoms with Crippen LogP contribution in [0.3, 0.4) is 0 Å². The Morgan fingerprint density at radius 2 is 1.71 bits per heavy atom. The van der Waals surface area contributed by atoms with Crippen molar-refractivity contribution in [2.24, 2.45) is 0 Å². The second kappa shape index (κ2) is 5.67. The van der Waals surface area contributed by atoms with Gasteiger partial charge >= 0.3 is 0 Å². The first-order chi connectivity index (χ1) is 7.87. The molecular weight excluding hydrogens is 232 g/mol. The summed E-state index contributed by atoms with van der Waals surface area (Å²) in [6.07, 6.45) is 1.68. The van der Waals surface area contributed by atoms with Crippen LogP contribution in [0.15, 0.2) is 30.3 Å². The van der Waals surface area contributed by atoms with Crippen LogP contribution in [0, 0.1) is 0 Å². The summed E-state index contributed by atoms with van der Waals surface area (Å²) >= 11 is 0. The molecule has 1 rings (SSSR count). The van der Waals surface area contributed by atoms with Crippen LogP contribution in [0.4, 0.5) is 0 Å². The predicted molar refractivity (Wildman–Crippen MR) is 73.0 cm³/mol. The van der Waals surface area contributed by atoms with E-state index in [1.54, 1.807) is 0 Å². The van der Waals surface area contributed by atoms with Gasteiger partial charge in [0.1, 0.15) is 0 Å². The predicted octanol–water partition coefficient (Wildman–Crippen LogP) is 3.18. The van der Waals surface area contributed by atoms with Crippen LogP contribution in [0.2, 0.25) is 0 Å². The van der Waals surface area contributed by atoms with Crippen LogP contribution in [0.1, 0.15) is 39.2 Å². The normalized spacial score (nSPS) is 12.6. The van der Waals surface area contributed by atoms with Gasteiger partial charge in [-0.1, -0.05) is 57.5 Å². The fourth-order valence-corrected chi connectivity index (χ4v) is 4.10. The number of benzene rings is 1. The van der Waals surface area contributed by atoms with Gasteiger partial charge in [0, 0.05) is 5.41 Å². The highest BCUT2D eigenvalue weighted by Crippen LogP contribution is 2.25. The van der Waals surface area contributed by atoms with Crippen molar-refractivity contribution >= 4 is 9.84 Å². The van der Waals surface area contributed by atoms with Crippen molar-refractivity contribution in [1.82, 2.24) is 0 Å². The van der Waals surface area contributed by atoms with Crippen molar-refractivity contribution < 1.29 is 8.42 Å². The van der Waals surface area contributed by atoms with Crippen molar-refractivity contribution in [2.45, 2.75) is 39.0 Å². The molecule has 0 saturated carbocycles. The highest BCUT2D eigenvalue weighted by atomic mass is 32.2. The van der Waals surface area contributed by atoms with Crippen molar-refractivity contribution in [3.63, 3.8) is 0 Å². The molecule has 96 valence electrons. The zero-order valence-electron chi connectivity index (χ0n) is 10.9. The van der Waals surface area contributed by atoms with Crippen LogP contribution < -0.4 is 0 Å². The molecule has 0 aromatic heterocycles. The number of hydrogen-bond acceptors (Lipinski definition) is 2. The minimum Gasteiger partial charge on any atom is -0.229 e. The topological polar surface area (TPSA) is 34.1 Å². The van der Waals surface area contributed by atoms with E-state index in [4.69, 9.17) is 0 Å². The standard InChI is InChI=1S/C14H22O2S/c1-4-5-11-17(15,16)12-14(2,3)13-9-7-6-8-10-13/h6-10H,4-5,11-12H2,1-3H3. The number of sulfone groups is 1. The van der Waals surface area contributed by atoms with Crippen LogP contribution in [0.5, 0.6) is 0 Å². The van der Waals surface area contributed by atoms with E-state index in [-0.39, 0.29) is 11.2 Å². The summed E-state index contributed by atoms with van der Waals surface area (Å²) in [5.74, 6) is 0.532. The first kappa shape index (κ1) is 14.2. The van der Waals surface area contributed by atoms with Gasteiger partial charge in [-0.2, -0.15) is 0 Å². The Morgan fingerprint density at radius 3 is 2.24 bits per heavy atom. The van der Waals surface area contributed by atoms with Crippen molar-refractivity contribution in [3.05, 3.63) is 35.9 Å². The summed E-state index contributed by atoms with van der Waals surface area (Å²) in [6, 6.07) is 9.85. The Balaban J connectivity index is 2.80. The Morgan fingerprint density at radius 1 is 1.12 bits per heavy atom. The summed E-state index contributed by atoms with van der Waals surface area (Å²) in [7, 11) is -2.95. The van der Waals surface area contributed by atoms with E-state index in [0.717, 1.165) is 18.4 Å². The van der Waals surface area contributed by atoms with Crippen LogP contribution >= 0.6 is 0 Å². The van der Waals surface area contributed by atoms with E-state index in [2.05, 4.69) is 0 Å². The molecule has 3 heteroatoms. The first-order valence-corrected chi connectivity index (χ1v) is 7.95. The summed E-state index contributed by atoms with van der Waals surface area (Å²) in [6.45, 7) is 6.00. The van der Waals surface area contributed by atoms with E-state index in [1.807, 2.05) is 51.1 Å². The molecule has 0 atom stereocenters. The maximum atomic E-state index is 12.0. The molecule has 0 aliphatic heterocycles. The maximum Gasteiger partial charge on any atom is 0.151 e. The molecule has 0 saturated heterocycles. The zero-order chi connectivity index (χ0) is 12.9. The van der Waals surface area contributed by atoms with Gasteiger partial charge < -0.3 is 0 Å². The van der Waals surface area contributed by atoms with Crippen molar-refractivity contribution in [1.29, 1.82) is 0 Å². The van der Waals surface area contributed by atoms with E-state index in [0.29, 0.717) is 5.75 Å². The summed E-state index contributed by atoms with van der Waals surface area (Å²) in [4.78, 5) is 0. The Bertz CT molecular complexity index is 433. The van der Waals surface area contributed by atoms with Gasteiger partial charge in [-0.3, -0.25) is 0 Å².